The molecule has 3 rings (SSSR count). The van der Waals surface area contributed by atoms with E-state index in [9.17, 15) is 18.4 Å². The Morgan fingerprint density at radius 1 is 1.19 bits per heavy atom. The predicted octanol–water partition coefficient (Wildman–Crippen LogP) is 4.70. The summed E-state index contributed by atoms with van der Waals surface area (Å²) in [7, 11) is 0. The quantitative estimate of drug-likeness (QED) is 0.546. The lowest BCUT2D eigenvalue weighted by atomic mass is 10.2. The summed E-state index contributed by atoms with van der Waals surface area (Å²) < 4.78 is 40.0. The van der Waals surface area contributed by atoms with Gasteiger partial charge in [-0.15, -0.1) is 0 Å². The summed E-state index contributed by atoms with van der Waals surface area (Å²) in [5.74, 6) is -1.38. The molecule has 170 valence electrons. The molecule has 2 heterocycles. The van der Waals surface area contributed by atoms with Crippen molar-refractivity contribution >= 4 is 17.7 Å². The van der Waals surface area contributed by atoms with E-state index in [0.29, 0.717) is 11.4 Å². The third kappa shape index (κ3) is 5.53. The highest BCUT2D eigenvalue weighted by Gasteiger charge is 2.19. The molecule has 0 unspecified atom stereocenters. The largest absolute Gasteiger partial charge is 0.487 e. The standard InChI is InChI=1S/C22H22ClF2N3O4/c1-13-9-18(31-12-14-5-6-15(24)10-17(14)25)19(23)20(29)27(13)11-16-7-8-28(26-16)21(30)32-22(2,3)4/h5-10H,11-12H2,1-4H3. The van der Waals surface area contributed by atoms with Crippen molar-refractivity contribution in [2.24, 2.45) is 0 Å². The second-order valence-electron chi connectivity index (χ2n) is 8.11. The maximum Gasteiger partial charge on any atom is 0.435 e. The molecule has 10 heteroatoms. The first kappa shape index (κ1) is 23.5. The molecular formula is C22H22ClF2N3O4. The van der Waals surface area contributed by atoms with E-state index in [1.165, 1.54) is 22.9 Å². The van der Waals surface area contributed by atoms with E-state index in [1.54, 1.807) is 33.8 Å². The molecule has 0 amide bonds. The Kier molecular flexibility index (Phi) is 6.68. The SMILES string of the molecule is Cc1cc(OCc2ccc(F)cc2F)c(Cl)c(=O)n1Cc1ccn(C(=O)OC(C)(C)C)n1. The topological polar surface area (TPSA) is 75.3 Å². The Labute approximate surface area is 188 Å². The van der Waals surface area contributed by atoms with Gasteiger partial charge in [0.2, 0.25) is 0 Å². The summed E-state index contributed by atoms with van der Waals surface area (Å²) in [4.78, 5) is 24.9. The lowest BCUT2D eigenvalue weighted by molar-refractivity contribution is 0.0513. The van der Waals surface area contributed by atoms with Crippen molar-refractivity contribution in [3.8, 4) is 5.75 Å². The summed E-state index contributed by atoms with van der Waals surface area (Å²) in [6.07, 6.45) is 0.808. The lowest BCUT2D eigenvalue weighted by Gasteiger charge is -2.18. The van der Waals surface area contributed by atoms with Crippen molar-refractivity contribution in [1.82, 2.24) is 14.3 Å². The molecule has 1 aromatic carbocycles. The normalized spacial score (nSPS) is 11.5. The number of pyridine rings is 1. The van der Waals surface area contributed by atoms with Crippen molar-refractivity contribution in [3.63, 3.8) is 0 Å². The van der Waals surface area contributed by atoms with Crippen molar-refractivity contribution < 1.29 is 23.0 Å². The molecule has 0 spiro atoms. The number of rotatable bonds is 5. The summed E-state index contributed by atoms with van der Waals surface area (Å²) in [6, 6.07) is 6.25. The average molecular weight is 466 g/mol. The minimum atomic E-state index is -0.758. The van der Waals surface area contributed by atoms with Gasteiger partial charge in [-0.25, -0.2) is 13.6 Å². The van der Waals surface area contributed by atoms with Gasteiger partial charge in [-0.1, -0.05) is 11.6 Å². The molecule has 2 aromatic heterocycles. The maximum atomic E-state index is 13.8. The van der Waals surface area contributed by atoms with Crippen LogP contribution in [0.15, 0.2) is 41.3 Å². The van der Waals surface area contributed by atoms with E-state index in [1.807, 2.05) is 0 Å². The molecule has 0 N–H and O–H groups in total. The van der Waals surface area contributed by atoms with Crippen LogP contribution in [0.25, 0.3) is 0 Å². The highest BCUT2D eigenvalue weighted by Crippen LogP contribution is 2.24. The van der Waals surface area contributed by atoms with Gasteiger partial charge in [0.15, 0.2) is 0 Å². The van der Waals surface area contributed by atoms with Gasteiger partial charge in [0.05, 0.1) is 12.2 Å². The van der Waals surface area contributed by atoms with Gasteiger partial charge in [0.1, 0.15) is 34.6 Å². The number of hydrogen-bond acceptors (Lipinski definition) is 5. The van der Waals surface area contributed by atoms with E-state index in [-0.39, 0.29) is 29.5 Å². The van der Waals surface area contributed by atoms with Crippen molar-refractivity contribution in [3.05, 3.63) is 80.5 Å². The number of aryl methyl sites for hydroxylation is 1. The van der Waals surface area contributed by atoms with E-state index in [0.717, 1.165) is 16.8 Å². The Bertz CT molecular complexity index is 1210. The number of ether oxygens (including phenoxy) is 2. The molecule has 0 atom stereocenters. The van der Waals surface area contributed by atoms with Crippen LogP contribution in [0.5, 0.6) is 5.75 Å². The summed E-state index contributed by atoms with van der Waals surface area (Å²) in [5.41, 5.74) is -0.123. The first-order valence-electron chi connectivity index (χ1n) is 9.69. The predicted molar refractivity (Wildman–Crippen MR) is 114 cm³/mol. The first-order valence-corrected chi connectivity index (χ1v) is 10.1. The highest BCUT2D eigenvalue weighted by atomic mass is 35.5. The molecule has 3 aromatic rings. The highest BCUT2D eigenvalue weighted by molar-refractivity contribution is 6.31. The van der Waals surface area contributed by atoms with Gasteiger partial charge < -0.3 is 14.0 Å². The van der Waals surface area contributed by atoms with Crippen molar-refractivity contribution in [2.45, 2.75) is 46.4 Å². The van der Waals surface area contributed by atoms with Crippen LogP contribution < -0.4 is 10.3 Å². The first-order chi connectivity index (χ1) is 14.9. The third-order valence-electron chi connectivity index (χ3n) is 4.36. The summed E-state index contributed by atoms with van der Waals surface area (Å²) in [6.45, 7) is 6.74. The van der Waals surface area contributed by atoms with Crippen LogP contribution in [0.1, 0.15) is 37.7 Å². The van der Waals surface area contributed by atoms with Crippen LogP contribution in [0.4, 0.5) is 13.6 Å². The Hall–Kier alpha value is -3.20. The van der Waals surface area contributed by atoms with Crippen LogP contribution in [-0.2, 0) is 17.9 Å². The van der Waals surface area contributed by atoms with Gasteiger partial charge in [-0.2, -0.15) is 9.78 Å². The Morgan fingerprint density at radius 3 is 2.56 bits per heavy atom. The van der Waals surface area contributed by atoms with E-state index >= 15 is 0 Å². The van der Waals surface area contributed by atoms with Crippen molar-refractivity contribution in [1.29, 1.82) is 0 Å². The summed E-state index contributed by atoms with van der Waals surface area (Å²) in [5, 5.41) is 3.96. The van der Waals surface area contributed by atoms with Crippen molar-refractivity contribution in [2.75, 3.05) is 0 Å². The molecule has 0 saturated heterocycles. The number of carbonyl (C=O) groups excluding carboxylic acids is 1. The number of halogens is 3. The molecule has 0 bridgehead atoms. The van der Waals surface area contributed by atoms with Crippen LogP contribution in [0, 0.1) is 18.6 Å². The molecule has 0 aliphatic carbocycles. The zero-order valence-electron chi connectivity index (χ0n) is 18.0. The van der Waals surface area contributed by atoms with Gasteiger partial charge in [-0.05, 0) is 45.9 Å². The fourth-order valence-corrected chi connectivity index (χ4v) is 3.04. The van der Waals surface area contributed by atoms with E-state index in [2.05, 4.69) is 5.10 Å². The fraction of sp³-hybridized carbons (Fsp3) is 0.318. The summed E-state index contributed by atoms with van der Waals surface area (Å²) >= 11 is 6.18. The Morgan fingerprint density at radius 2 is 1.91 bits per heavy atom. The minimum Gasteiger partial charge on any atom is -0.487 e. The van der Waals surface area contributed by atoms with Gasteiger partial charge in [0.25, 0.3) is 5.56 Å². The zero-order valence-corrected chi connectivity index (χ0v) is 18.7. The van der Waals surface area contributed by atoms with Crippen LogP contribution in [0.2, 0.25) is 5.02 Å². The minimum absolute atomic E-state index is 0.0626. The van der Waals surface area contributed by atoms with Gasteiger partial charge >= 0.3 is 6.09 Å². The third-order valence-corrected chi connectivity index (χ3v) is 4.71. The molecule has 0 radical (unpaired) electrons. The average Bonchev–Trinajstić information content (AvgIpc) is 3.16. The van der Waals surface area contributed by atoms with Crippen LogP contribution in [0.3, 0.4) is 0 Å². The fourth-order valence-electron chi connectivity index (χ4n) is 2.83. The maximum absolute atomic E-state index is 13.8. The molecular weight excluding hydrogens is 444 g/mol. The molecule has 0 saturated carbocycles. The van der Waals surface area contributed by atoms with E-state index < -0.39 is 28.9 Å². The van der Waals surface area contributed by atoms with Crippen LogP contribution in [-0.4, -0.2) is 26.0 Å². The second kappa shape index (κ2) is 9.12. The monoisotopic (exact) mass is 465 g/mol. The smallest absolute Gasteiger partial charge is 0.435 e. The molecule has 0 aliphatic heterocycles. The molecule has 0 fully saturated rings. The Balaban J connectivity index is 1.77. The van der Waals surface area contributed by atoms with E-state index in [4.69, 9.17) is 21.1 Å². The second-order valence-corrected chi connectivity index (χ2v) is 8.49. The van der Waals surface area contributed by atoms with Gasteiger partial charge in [-0.3, -0.25) is 4.79 Å². The number of hydrogen-bond donors (Lipinski definition) is 0. The van der Waals surface area contributed by atoms with Gasteiger partial charge in [0, 0.05) is 29.6 Å². The molecule has 0 aliphatic rings. The molecule has 32 heavy (non-hydrogen) atoms. The number of benzene rings is 1. The van der Waals surface area contributed by atoms with Crippen LogP contribution >= 0.6 is 11.6 Å². The number of nitrogens with zero attached hydrogens (tertiary/aromatic N) is 3. The number of carbonyl (C=O) groups is 1. The lowest BCUT2D eigenvalue weighted by Crippen LogP contribution is -2.28. The number of aromatic nitrogens is 3. The zero-order chi connectivity index (χ0) is 23.6. The molecule has 7 nitrogen and oxygen atoms in total.